The second-order valence-corrected chi connectivity index (χ2v) is 7.91. The number of hydrogen-bond donors (Lipinski definition) is 4. The lowest BCUT2D eigenvalue weighted by Gasteiger charge is -2.32. The van der Waals surface area contributed by atoms with Gasteiger partial charge in [0, 0.05) is 37.3 Å². The van der Waals surface area contributed by atoms with Crippen LogP contribution in [0.25, 0.3) is 0 Å². The van der Waals surface area contributed by atoms with Gasteiger partial charge in [0.15, 0.2) is 0 Å². The zero-order chi connectivity index (χ0) is 26.4. The zero-order valence-corrected chi connectivity index (χ0v) is 19.9. The molecule has 3 unspecified atom stereocenters. The second kappa shape index (κ2) is 15.9. The molecule has 3 atom stereocenters. The Morgan fingerprint density at radius 3 is 1.71 bits per heavy atom. The molecule has 0 aliphatic carbocycles. The second-order valence-electron chi connectivity index (χ2n) is 7.91. The van der Waals surface area contributed by atoms with E-state index in [1.54, 1.807) is 11.8 Å². The normalized spacial score (nSPS) is 13.7. The molecule has 4 N–H and O–H groups in total. The van der Waals surface area contributed by atoms with Gasteiger partial charge in [-0.25, -0.2) is 9.59 Å². The maximum Gasteiger partial charge on any atom is 0.333 e. The highest BCUT2D eigenvalue weighted by atomic mass is 16.5. The van der Waals surface area contributed by atoms with Gasteiger partial charge in [0.25, 0.3) is 0 Å². The minimum Gasteiger partial charge on any atom is -0.481 e. The van der Waals surface area contributed by atoms with Crippen molar-refractivity contribution in [1.82, 2.24) is 9.80 Å². The summed E-state index contributed by atoms with van der Waals surface area (Å²) < 4.78 is 9.80. The minimum absolute atomic E-state index is 0.0296. The molecule has 0 aliphatic heterocycles. The van der Waals surface area contributed by atoms with Gasteiger partial charge in [-0.2, -0.15) is 0 Å². The molecule has 12 heteroatoms. The molecule has 0 bridgehead atoms. The van der Waals surface area contributed by atoms with Crippen LogP contribution >= 0.6 is 0 Å². The van der Waals surface area contributed by atoms with Gasteiger partial charge in [0.1, 0.15) is 31.5 Å². The van der Waals surface area contributed by atoms with Gasteiger partial charge in [-0.3, -0.25) is 19.4 Å². The smallest absolute Gasteiger partial charge is 0.333 e. The van der Waals surface area contributed by atoms with Crippen LogP contribution in [0.5, 0.6) is 0 Å². The van der Waals surface area contributed by atoms with Crippen LogP contribution in [0.4, 0.5) is 0 Å². The number of aliphatic hydroxyl groups is 2. The van der Waals surface area contributed by atoms with E-state index in [2.05, 4.69) is 13.2 Å². The van der Waals surface area contributed by atoms with Crippen LogP contribution in [0, 0.1) is 0 Å². The number of rotatable bonds is 18. The molecule has 0 spiro atoms. The van der Waals surface area contributed by atoms with Crippen molar-refractivity contribution < 1.29 is 49.1 Å². The first-order chi connectivity index (χ1) is 15.8. The standard InChI is InChI=1S/C22H36N2O10/c1-6-23(10-16(25)12-33-21(31)14(2)3)7-8-24(18(20(29)30)9-19(27)28)11-17(26)13-34-22(32)15(4)5/h16-18,25-26H,2,4,6-13H2,1,3,5H3,(H,27,28)(H,29,30). The largest absolute Gasteiger partial charge is 0.481 e. The highest BCUT2D eigenvalue weighted by Crippen LogP contribution is 2.09. The van der Waals surface area contributed by atoms with Crippen LogP contribution in [-0.4, -0.2) is 118 Å². The fraction of sp³-hybridized carbons (Fsp3) is 0.636. The molecule has 0 aromatic carbocycles. The number of aliphatic hydroxyl groups excluding tert-OH is 2. The Kier molecular flexibility index (Phi) is 14.6. The van der Waals surface area contributed by atoms with E-state index in [0.717, 1.165) is 0 Å². The van der Waals surface area contributed by atoms with Gasteiger partial charge in [-0.1, -0.05) is 20.1 Å². The Morgan fingerprint density at radius 1 is 0.853 bits per heavy atom. The molecule has 0 aromatic heterocycles. The van der Waals surface area contributed by atoms with Crippen LogP contribution in [0.1, 0.15) is 27.2 Å². The average molecular weight is 489 g/mol. The van der Waals surface area contributed by atoms with E-state index in [0.29, 0.717) is 6.54 Å². The van der Waals surface area contributed by atoms with Gasteiger partial charge >= 0.3 is 23.9 Å². The third-order valence-corrected chi connectivity index (χ3v) is 4.67. The number of esters is 2. The quantitative estimate of drug-likeness (QED) is 0.144. The summed E-state index contributed by atoms with van der Waals surface area (Å²) in [6.07, 6.45) is -3.00. The number of carbonyl (C=O) groups excluding carboxylic acids is 2. The molecule has 0 aliphatic rings. The highest BCUT2D eigenvalue weighted by Gasteiger charge is 2.30. The number of carbonyl (C=O) groups is 4. The molecule has 0 saturated carbocycles. The van der Waals surface area contributed by atoms with Crippen molar-refractivity contribution in [2.45, 2.75) is 45.4 Å². The Bertz CT molecular complexity index is 739. The lowest BCUT2D eigenvalue weighted by atomic mass is 10.1. The summed E-state index contributed by atoms with van der Waals surface area (Å²) in [5, 5.41) is 39.1. The van der Waals surface area contributed by atoms with E-state index in [9.17, 15) is 34.5 Å². The van der Waals surface area contributed by atoms with Gasteiger partial charge < -0.3 is 29.9 Å². The molecule has 0 rings (SSSR count). The molecule has 0 heterocycles. The van der Waals surface area contributed by atoms with Gasteiger partial charge in [-0.05, 0) is 20.4 Å². The van der Waals surface area contributed by atoms with Crippen molar-refractivity contribution in [3.05, 3.63) is 24.3 Å². The fourth-order valence-corrected chi connectivity index (χ4v) is 2.83. The molecular formula is C22H36N2O10. The number of likely N-dealkylation sites (N-methyl/N-ethyl adjacent to an activating group) is 1. The molecule has 12 nitrogen and oxygen atoms in total. The Labute approximate surface area is 199 Å². The first-order valence-corrected chi connectivity index (χ1v) is 10.7. The highest BCUT2D eigenvalue weighted by molar-refractivity contribution is 5.87. The Balaban J connectivity index is 5.18. The summed E-state index contributed by atoms with van der Waals surface area (Å²) in [5.74, 6) is -4.07. The van der Waals surface area contributed by atoms with Crippen LogP contribution in [0.15, 0.2) is 24.3 Å². The lowest BCUT2D eigenvalue weighted by Crippen LogP contribution is -2.50. The SMILES string of the molecule is C=C(C)C(=O)OCC(O)CN(CC)CCN(CC(O)COC(=O)C(=C)C)C(CC(=O)O)C(=O)O. The lowest BCUT2D eigenvalue weighted by molar-refractivity contribution is -0.151. The Hall–Kier alpha value is -2.80. The summed E-state index contributed by atoms with van der Waals surface area (Å²) in [6.45, 7) is 11.4. The summed E-state index contributed by atoms with van der Waals surface area (Å²) >= 11 is 0. The van der Waals surface area contributed by atoms with E-state index in [1.807, 2.05) is 0 Å². The van der Waals surface area contributed by atoms with Crippen LogP contribution in [0.2, 0.25) is 0 Å². The average Bonchev–Trinajstić information content (AvgIpc) is 2.75. The van der Waals surface area contributed by atoms with E-state index in [-0.39, 0.29) is 43.9 Å². The van der Waals surface area contributed by atoms with Gasteiger partial charge in [-0.15, -0.1) is 0 Å². The van der Waals surface area contributed by atoms with E-state index < -0.39 is 55.2 Å². The van der Waals surface area contributed by atoms with Crippen molar-refractivity contribution in [3.63, 3.8) is 0 Å². The molecule has 194 valence electrons. The van der Waals surface area contributed by atoms with Crippen LogP contribution in [-0.2, 0) is 28.7 Å². The molecule has 0 fully saturated rings. The molecular weight excluding hydrogens is 452 g/mol. The molecule has 0 amide bonds. The summed E-state index contributed by atoms with van der Waals surface area (Å²) in [6, 6.07) is -1.44. The van der Waals surface area contributed by atoms with Crippen molar-refractivity contribution in [2.75, 3.05) is 45.9 Å². The summed E-state index contributed by atoms with van der Waals surface area (Å²) in [5.41, 5.74) is 0.324. The van der Waals surface area contributed by atoms with Crippen LogP contribution in [0.3, 0.4) is 0 Å². The van der Waals surface area contributed by atoms with Crippen LogP contribution < -0.4 is 0 Å². The monoisotopic (exact) mass is 488 g/mol. The number of carboxylic acids is 2. The molecule has 34 heavy (non-hydrogen) atoms. The molecule has 0 aromatic rings. The summed E-state index contributed by atoms with van der Waals surface area (Å²) in [7, 11) is 0. The van der Waals surface area contributed by atoms with Crippen molar-refractivity contribution in [1.29, 1.82) is 0 Å². The third kappa shape index (κ3) is 13.0. The number of aliphatic carboxylic acids is 2. The number of hydrogen-bond acceptors (Lipinski definition) is 10. The first-order valence-electron chi connectivity index (χ1n) is 10.7. The maximum absolute atomic E-state index is 11.7. The van der Waals surface area contributed by atoms with Crippen molar-refractivity contribution in [3.8, 4) is 0 Å². The predicted molar refractivity (Wildman–Crippen MR) is 121 cm³/mol. The van der Waals surface area contributed by atoms with E-state index in [1.165, 1.54) is 18.7 Å². The van der Waals surface area contributed by atoms with Crippen molar-refractivity contribution >= 4 is 23.9 Å². The van der Waals surface area contributed by atoms with Crippen molar-refractivity contribution in [2.24, 2.45) is 0 Å². The van der Waals surface area contributed by atoms with E-state index in [4.69, 9.17) is 14.6 Å². The van der Waals surface area contributed by atoms with E-state index >= 15 is 0 Å². The topological polar surface area (TPSA) is 174 Å². The first kappa shape index (κ1) is 31.2. The molecule has 0 radical (unpaired) electrons. The minimum atomic E-state index is -1.44. The zero-order valence-electron chi connectivity index (χ0n) is 19.9. The van der Waals surface area contributed by atoms with Gasteiger partial charge in [0.05, 0.1) is 6.42 Å². The Morgan fingerprint density at radius 2 is 1.32 bits per heavy atom. The number of ether oxygens (including phenoxy) is 2. The number of nitrogens with zero attached hydrogens (tertiary/aromatic N) is 2. The third-order valence-electron chi connectivity index (χ3n) is 4.67. The molecule has 0 saturated heterocycles. The fourth-order valence-electron chi connectivity index (χ4n) is 2.83. The predicted octanol–water partition coefficient (Wildman–Crippen LogP) is -0.501. The summed E-state index contributed by atoms with van der Waals surface area (Å²) in [4.78, 5) is 48.9. The van der Waals surface area contributed by atoms with Gasteiger partial charge in [0.2, 0.25) is 0 Å². The number of carboxylic acid groups (broad SMARTS) is 2. The maximum atomic E-state index is 11.7.